The number of amides is 1. The molecule has 0 spiro atoms. The number of rotatable bonds is 4. The zero-order valence-corrected chi connectivity index (χ0v) is 13.5. The van der Waals surface area contributed by atoms with Crippen molar-refractivity contribution in [3.8, 4) is 11.1 Å². The lowest BCUT2D eigenvalue weighted by Crippen LogP contribution is -2.20. The van der Waals surface area contributed by atoms with Crippen LogP contribution in [0.1, 0.15) is 49.0 Å². The smallest absolute Gasteiger partial charge is 0.405 e. The van der Waals surface area contributed by atoms with Crippen molar-refractivity contribution >= 4 is 6.09 Å². The number of primary amides is 1. The van der Waals surface area contributed by atoms with Gasteiger partial charge in [-0.05, 0) is 53.5 Å². The minimum atomic E-state index is -0.696. The van der Waals surface area contributed by atoms with E-state index in [1.165, 1.54) is 28.7 Å². The van der Waals surface area contributed by atoms with Crippen molar-refractivity contribution < 1.29 is 9.53 Å². The number of hydrogen-bond acceptors (Lipinski definition) is 2. The first kappa shape index (κ1) is 15.6. The van der Waals surface area contributed by atoms with Gasteiger partial charge in [-0.2, -0.15) is 0 Å². The first-order chi connectivity index (χ1) is 11.2. The van der Waals surface area contributed by atoms with Gasteiger partial charge in [0, 0.05) is 0 Å². The van der Waals surface area contributed by atoms with Crippen molar-refractivity contribution in [1.82, 2.24) is 0 Å². The molecule has 0 aromatic heterocycles. The topological polar surface area (TPSA) is 52.3 Å². The SMILES string of the molecule is CCCc1ccc(-c2ccc3c(c2)CCCC3OC(N)=O)cc1. The average Bonchev–Trinajstić information content (AvgIpc) is 2.55. The van der Waals surface area contributed by atoms with Gasteiger partial charge in [0.1, 0.15) is 6.10 Å². The number of benzene rings is 2. The fraction of sp³-hybridized carbons (Fsp3) is 0.350. The summed E-state index contributed by atoms with van der Waals surface area (Å²) in [5.74, 6) is 0. The highest BCUT2D eigenvalue weighted by Crippen LogP contribution is 2.35. The Bertz CT molecular complexity index is 691. The van der Waals surface area contributed by atoms with Gasteiger partial charge in [-0.3, -0.25) is 0 Å². The van der Waals surface area contributed by atoms with Crippen LogP contribution in [0.15, 0.2) is 42.5 Å². The van der Waals surface area contributed by atoms with Crippen molar-refractivity contribution in [3.05, 3.63) is 59.2 Å². The fourth-order valence-electron chi connectivity index (χ4n) is 3.36. The van der Waals surface area contributed by atoms with Gasteiger partial charge in [0.15, 0.2) is 0 Å². The molecule has 1 aliphatic rings. The molecule has 0 bridgehead atoms. The summed E-state index contributed by atoms with van der Waals surface area (Å²) in [6.45, 7) is 2.20. The van der Waals surface area contributed by atoms with Crippen LogP contribution in [0.5, 0.6) is 0 Å². The molecule has 0 aliphatic heterocycles. The molecular formula is C20H23NO2. The van der Waals surface area contributed by atoms with Gasteiger partial charge in [-0.1, -0.05) is 55.8 Å². The number of fused-ring (bicyclic) bond motifs is 1. The van der Waals surface area contributed by atoms with E-state index in [-0.39, 0.29) is 6.10 Å². The molecular weight excluding hydrogens is 286 g/mol. The summed E-state index contributed by atoms with van der Waals surface area (Å²) in [5, 5.41) is 0. The second kappa shape index (κ2) is 6.86. The molecule has 0 saturated heterocycles. The zero-order valence-electron chi connectivity index (χ0n) is 13.5. The first-order valence-electron chi connectivity index (χ1n) is 8.35. The molecule has 2 aromatic carbocycles. The minimum Gasteiger partial charge on any atom is -0.442 e. The van der Waals surface area contributed by atoms with Crippen molar-refractivity contribution in [2.24, 2.45) is 5.73 Å². The number of ether oxygens (including phenoxy) is 1. The molecule has 2 aromatic rings. The number of aryl methyl sites for hydroxylation is 2. The lowest BCUT2D eigenvalue weighted by molar-refractivity contribution is 0.0959. The Morgan fingerprint density at radius 3 is 2.61 bits per heavy atom. The van der Waals surface area contributed by atoms with Crippen LogP contribution in [0.2, 0.25) is 0 Å². The van der Waals surface area contributed by atoms with Crippen LogP contribution < -0.4 is 5.73 Å². The summed E-state index contributed by atoms with van der Waals surface area (Å²) >= 11 is 0. The highest BCUT2D eigenvalue weighted by Gasteiger charge is 2.23. The second-order valence-electron chi connectivity index (χ2n) is 6.18. The van der Waals surface area contributed by atoms with Crippen LogP contribution in [0, 0.1) is 0 Å². The highest BCUT2D eigenvalue weighted by atomic mass is 16.6. The van der Waals surface area contributed by atoms with E-state index in [0.717, 1.165) is 31.2 Å². The maximum atomic E-state index is 11.1. The first-order valence-corrected chi connectivity index (χ1v) is 8.35. The van der Waals surface area contributed by atoms with E-state index in [1.54, 1.807) is 0 Å². The van der Waals surface area contributed by atoms with Gasteiger partial charge in [-0.25, -0.2) is 4.79 Å². The molecule has 1 atom stereocenters. The predicted octanol–water partition coefficient (Wildman–Crippen LogP) is 4.78. The van der Waals surface area contributed by atoms with Crippen LogP contribution in [0.25, 0.3) is 11.1 Å². The Labute approximate surface area is 137 Å². The Morgan fingerprint density at radius 1 is 1.17 bits per heavy atom. The average molecular weight is 309 g/mol. The number of hydrogen-bond donors (Lipinski definition) is 1. The van der Waals surface area contributed by atoms with Crippen LogP contribution in [0.3, 0.4) is 0 Å². The Kier molecular flexibility index (Phi) is 4.65. The van der Waals surface area contributed by atoms with Crippen molar-refractivity contribution in [3.63, 3.8) is 0 Å². The largest absolute Gasteiger partial charge is 0.442 e. The number of nitrogens with two attached hydrogens (primary N) is 1. The molecule has 1 unspecified atom stereocenters. The van der Waals surface area contributed by atoms with E-state index in [4.69, 9.17) is 10.5 Å². The van der Waals surface area contributed by atoms with E-state index >= 15 is 0 Å². The third-order valence-electron chi connectivity index (χ3n) is 4.49. The maximum Gasteiger partial charge on any atom is 0.405 e. The summed E-state index contributed by atoms with van der Waals surface area (Å²) in [5.41, 5.74) is 11.4. The molecule has 3 rings (SSSR count). The number of carbonyl (C=O) groups excluding carboxylic acids is 1. The van der Waals surface area contributed by atoms with E-state index < -0.39 is 6.09 Å². The monoisotopic (exact) mass is 309 g/mol. The van der Waals surface area contributed by atoms with Gasteiger partial charge in [0.25, 0.3) is 0 Å². The maximum absolute atomic E-state index is 11.1. The molecule has 120 valence electrons. The van der Waals surface area contributed by atoms with Crippen LogP contribution in [-0.4, -0.2) is 6.09 Å². The lowest BCUT2D eigenvalue weighted by atomic mass is 9.87. The summed E-state index contributed by atoms with van der Waals surface area (Å²) in [6, 6.07) is 15.2. The number of carbonyl (C=O) groups is 1. The molecule has 1 amide bonds. The molecule has 23 heavy (non-hydrogen) atoms. The molecule has 0 radical (unpaired) electrons. The molecule has 3 nitrogen and oxygen atoms in total. The van der Waals surface area contributed by atoms with Crippen molar-refractivity contribution in [2.75, 3.05) is 0 Å². The zero-order chi connectivity index (χ0) is 16.2. The summed E-state index contributed by atoms with van der Waals surface area (Å²) in [6.07, 6.45) is 4.28. The Morgan fingerprint density at radius 2 is 1.91 bits per heavy atom. The third kappa shape index (κ3) is 3.55. The summed E-state index contributed by atoms with van der Waals surface area (Å²) in [4.78, 5) is 11.1. The summed E-state index contributed by atoms with van der Waals surface area (Å²) in [7, 11) is 0. The molecule has 1 aliphatic carbocycles. The predicted molar refractivity (Wildman–Crippen MR) is 92.2 cm³/mol. The minimum absolute atomic E-state index is 0.197. The Hall–Kier alpha value is -2.29. The normalized spacial score (nSPS) is 16.7. The van der Waals surface area contributed by atoms with E-state index in [1.807, 2.05) is 0 Å². The van der Waals surface area contributed by atoms with Crippen molar-refractivity contribution in [2.45, 2.75) is 45.1 Å². The molecule has 0 heterocycles. The molecule has 0 saturated carbocycles. The van der Waals surface area contributed by atoms with Crippen molar-refractivity contribution in [1.29, 1.82) is 0 Å². The fourth-order valence-corrected chi connectivity index (χ4v) is 3.36. The van der Waals surface area contributed by atoms with Gasteiger partial charge in [-0.15, -0.1) is 0 Å². The Balaban J connectivity index is 1.86. The van der Waals surface area contributed by atoms with Gasteiger partial charge < -0.3 is 10.5 Å². The van der Waals surface area contributed by atoms with Gasteiger partial charge >= 0.3 is 6.09 Å². The second-order valence-corrected chi connectivity index (χ2v) is 6.18. The third-order valence-corrected chi connectivity index (χ3v) is 4.49. The van der Waals surface area contributed by atoms with E-state index in [2.05, 4.69) is 49.4 Å². The van der Waals surface area contributed by atoms with Crippen LogP contribution in [0.4, 0.5) is 4.79 Å². The van der Waals surface area contributed by atoms with Crippen LogP contribution in [-0.2, 0) is 17.6 Å². The molecule has 2 N–H and O–H groups in total. The van der Waals surface area contributed by atoms with E-state index in [9.17, 15) is 4.79 Å². The summed E-state index contributed by atoms with van der Waals surface area (Å²) < 4.78 is 5.24. The quantitative estimate of drug-likeness (QED) is 0.883. The van der Waals surface area contributed by atoms with Crippen LogP contribution >= 0.6 is 0 Å². The van der Waals surface area contributed by atoms with E-state index in [0.29, 0.717) is 0 Å². The molecule has 3 heteroatoms. The van der Waals surface area contributed by atoms with Gasteiger partial charge in [0.05, 0.1) is 0 Å². The standard InChI is InChI=1S/C20H23NO2/c1-2-4-14-7-9-15(10-8-14)16-11-12-18-17(13-16)5-3-6-19(18)23-20(21)22/h7-13,19H,2-6H2,1H3,(H2,21,22). The lowest BCUT2D eigenvalue weighted by Gasteiger charge is -2.25. The molecule has 0 fully saturated rings. The van der Waals surface area contributed by atoms with Gasteiger partial charge in [0.2, 0.25) is 0 Å². The highest BCUT2D eigenvalue weighted by molar-refractivity contribution is 5.67.